The Balaban J connectivity index is 1.45. The number of carbonyl (C=O) groups excluding carboxylic acids is 1. The van der Waals surface area contributed by atoms with E-state index in [0.717, 1.165) is 24.2 Å². The zero-order valence-corrected chi connectivity index (χ0v) is 19.3. The second-order valence-electron chi connectivity index (χ2n) is 7.21. The van der Waals surface area contributed by atoms with Gasteiger partial charge >= 0.3 is 0 Å². The third-order valence-electron chi connectivity index (χ3n) is 4.95. The van der Waals surface area contributed by atoms with Crippen LogP contribution in [0, 0.1) is 0 Å². The van der Waals surface area contributed by atoms with Gasteiger partial charge in [-0.1, -0.05) is 12.1 Å². The van der Waals surface area contributed by atoms with Crippen molar-refractivity contribution in [2.45, 2.75) is 21.9 Å². The molecule has 1 amide bonds. The SMILES string of the molecule is O=C(Nc1cccc(S(=O)(=O)N2CCCC2)c1)c1ccc(NS(=O)(=O)c2cccs2)cc1. The first kappa shape index (κ1) is 22.5. The second-order valence-corrected chi connectivity index (χ2v) is 12.0. The number of nitrogens with one attached hydrogen (secondary N) is 2. The Hall–Kier alpha value is -2.73. The van der Waals surface area contributed by atoms with E-state index < -0.39 is 26.0 Å². The van der Waals surface area contributed by atoms with Crippen LogP contribution in [0.2, 0.25) is 0 Å². The molecule has 11 heteroatoms. The Morgan fingerprint density at radius 1 is 0.875 bits per heavy atom. The molecule has 2 aromatic carbocycles. The molecule has 0 unspecified atom stereocenters. The van der Waals surface area contributed by atoms with Gasteiger partial charge in [-0.3, -0.25) is 9.52 Å². The van der Waals surface area contributed by atoms with Crippen LogP contribution in [0.25, 0.3) is 0 Å². The van der Waals surface area contributed by atoms with Crippen LogP contribution in [0.4, 0.5) is 11.4 Å². The molecule has 1 aliphatic rings. The maximum absolute atomic E-state index is 12.7. The van der Waals surface area contributed by atoms with Gasteiger partial charge in [-0.25, -0.2) is 16.8 Å². The van der Waals surface area contributed by atoms with E-state index in [1.54, 1.807) is 23.6 Å². The number of carbonyl (C=O) groups is 1. The van der Waals surface area contributed by atoms with Gasteiger partial charge in [0.2, 0.25) is 10.0 Å². The van der Waals surface area contributed by atoms with E-state index in [9.17, 15) is 21.6 Å². The minimum Gasteiger partial charge on any atom is -0.322 e. The molecule has 2 heterocycles. The summed E-state index contributed by atoms with van der Waals surface area (Å²) < 4.78 is 54.2. The number of rotatable bonds is 7. The highest BCUT2D eigenvalue weighted by Crippen LogP contribution is 2.24. The third kappa shape index (κ3) is 4.85. The van der Waals surface area contributed by atoms with E-state index >= 15 is 0 Å². The molecule has 1 fully saturated rings. The van der Waals surface area contributed by atoms with Gasteiger partial charge in [0.1, 0.15) is 4.21 Å². The molecule has 1 saturated heterocycles. The van der Waals surface area contributed by atoms with Crippen LogP contribution >= 0.6 is 11.3 Å². The lowest BCUT2D eigenvalue weighted by Crippen LogP contribution is -2.27. The molecule has 3 aromatic rings. The van der Waals surface area contributed by atoms with Crippen molar-refractivity contribution in [1.82, 2.24) is 4.31 Å². The molecule has 0 aliphatic carbocycles. The molecule has 0 bridgehead atoms. The lowest BCUT2D eigenvalue weighted by Gasteiger charge is -2.16. The lowest BCUT2D eigenvalue weighted by molar-refractivity contribution is 0.102. The normalized spacial score (nSPS) is 14.9. The highest BCUT2D eigenvalue weighted by molar-refractivity contribution is 7.94. The number of sulfonamides is 2. The van der Waals surface area contributed by atoms with Crippen molar-refractivity contribution in [3.05, 3.63) is 71.6 Å². The van der Waals surface area contributed by atoms with Crippen LogP contribution in [-0.2, 0) is 20.0 Å². The summed E-state index contributed by atoms with van der Waals surface area (Å²) >= 11 is 1.11. The molecule has 168 valence electrons. The van der Waals surface area contributed by atoms with Gasteiger partial charge in [-0.05, 0) is 66.8 Å². The fourth-order valence-electron chi connectivity index (χ4n) is 3.33. The van der Waals surface area contributed by atoms with Gasteiger partial charge in [-0.15, -0.1) is 11.3 Å². The van der Waals surface area contributed by atoms with E-state index in [2.05, 4.69) is 10.0 Å². The zero-order chi connectivity index (χ0) is 22.8. The number of amides is 1. The molecule has 4 rings (SSSR count). The Morgan fingerprint density at radius 3 is 2.25 bits per heavy atom. The quantitative estimate of drug-likeness (QED) is 0.525. The van der Waals surface area contributed by atoms with Crippen LogP contribution in [0.1, 0.15) is 23.2 Å². The number of hydrogen-bond donors (Lipinski definition) is 2. The summed E-state index contributed by atoms with van der Waals surface area (Å²) in [6, 6.07) is 15.3. The van der Waals surface area contributed by atoms with Crippen molar-refractivity contribution < 1.29 is 21.6 Å². The van der Waals surface area contributed by atoms with E-state index in [1.807, 2.05) is 0 Å². The summed E-state index contributed by atoms with van der Waals surface area (Å²) in [7, 11) is -7.26. The van der Waals surface area contributed by atoms with Gasteiger partial charge in [0.15, 0.2) is 0 Å². The first-order chi connectivity index (χ1) is 15.3. The van der Waals surface area contributed by atoms with E-state index in [4.69, 9.17) is 0 Å². The third-order valence-corrected chi connectivity index (χ3v) is 9.63. The van der Waals surface area contributed by atoms with Crippen molar-refractivity contribution in [3.63, 3.8) is 0 Å². The predicted molar refractivity (Wildman–Crippen MR) is 124 cm³/mol. The highest BCUT2D eigenvalue weighted by Gasteiger charge is 2.27. The van der Waals surface area contributed by atoms with Crippen LogP contribution < -0.4 is 10.0 Å². The fraction of sp³-hybridized carbons (Fsp3) is 0.190. The summed E-state index contributed by atoms with van der Waals surface area (Å²) in [6.45, 7) is 1.00. The van der Waals surface area contributed by atoms with Gasteiger partial charge < -0.3 is 5.32 Å². The fourth-order valence-corrected chi connectivity index (χ4v) is 6.94. The molecule has 2 N–H and O–H groups in total. The Morgan fingerprint density at radius 2 is 1.59 bits per heavy atom. The maximum Gasteiger partial charge on any atom is 0.271 e. The average Bonchev–Trinajstić information content (AvgIpc) is 3.49. The van der Waals surface area contributed by atoms with Crippen LogP contribution in [-0.4, -0.2) is 40.1 Å². The van der Waals surface area contributed by atoms with Crippen molar-refractivity contribution in [3.8, 4) is 0 Å². The van der Waals surface area contributed by atoms with Crippen molar-refractivity contribution in [2.24, 2.45) is 0 Å². The summed E-state index contributed by atoms with van der Waals surface area (Å²) in [5.74, 6) is -0.437. The van der Waals surface area contributed by atoms with Gasteiger partial charge in [0, 0.05) is 30.0 Å². The monoisotopic (exact) mass is 491 g/mol. The number of nitrogens with zero attached hydrogens (tertiary/aromatic N) is 1. The Kier molecular flexibility index (Phi) is 6.33. The van der Waals surface area contributed by atoms with Crippen molar-refractivity contribution >= 4 is 48.7 Å². The molecule has 1 aromatic heterocycles. The number of hydrogen-bond acceptors (Lipinski definition) is 6. The van der Waals surface area contributed by atoms with Gasteiger partial charge in [0.05, 0.1) is 4.90 Å². The standard InChI is InChI=1S/C21H21N3O5S3/c25-21(16-8-10-17(11-9-16)23-31(26,27)20-7-4-14-30-20)22-18-5-3-6-19(15-18)32(28,29)24-12-1-2-13-24/h3-11,14-15,23H,1-2,12-13H2,(H,22,25). The van der Waals surface area contributed by atoms with Gasteiger partial charge in [-0.2, -0.15) is 4.31 Å². The Labute approximate surface area is 191 Å². The topological polar surface area (TPSA) is 113 Å². The van der Waals surface area contributed by atoms with Crippen LogP contribution in [0.15, 0.2) is 75.1 Å². The minimum atomic E-state index is -3.67. The largest absolute Gasteiger partial charge is 0.322 e. The smallest absolute Gasteiger partial charge is 0.271 e. The predicted octanol–water partition coefficient (Wildman–Crippen LogP) is 3.59. The molecule has 0 radical (unpaired) electrons. The molecule has 0 atom stereocenters. The average molecular weight is 492 g/mol. The summed E-state index contributed by atoms with van der Waals surface area (Å²) in [5, 5.41) is 4.37. The number of thiophene rings is 1. The van der Waals surface area contributed by atoms with Crippen LogP contribution in [0.3, 0.4) is 0 Å². The lowest BCUT2D eigenvalue weighted by atomic mass is 10.2. The van der Waals surface area contributed by atoms with Crippen LogP contribution in [0.5, 0.6) is 0 Å². The summed E-state index contributed by atoms with van der Waals surface area (Å²) in [5.41, 5.74) is 0.989. The van der Waals surface area contributed by atoms with E-state index in [-0.39, 0.29) is 9.10 Å². The zero-order valence-electron chi connectivity index (χ0n) is 16.9. The minimum absolute atomic E-state index is 0.135. The molecule has 8 nitrogen and oxygen atoms in total. The molecular formula is C21H21N3O5S3. The molecule has 0 saturated carbocycles. The number of benzene rings is 2. The highest BCUT2D eigenvalue weighted by atomic mass is 32.2. The van der Waals surface area contributed by atoms with E-state index in [1.165, 1.54) is 46.8 Å². The molecular weight excluding hydrogens is 470 g/mol. The van der Waals surface area contributed by atoms with Crippen molar-refractivity contribution in [1.29, 1.82) is 0 Å². The molecule has 0 spiro atoms. The molecule has 32 heavy (non-hydrogen) atoms. The summed E-state index contributed by atoms with van der Waals surface area (Å²) in [6.07, 6.45) is 1.68. The Bertz CT molecular complexity index is 1310. The summed E-state index contributed by atoms with van der Waals surface area (Å²) in [4.78, 5) is 12.7. The first-order valence-corrected chi connectivity index (χ1v) is 13.6. The van der Waals surface area contributed by atoms with E-state index in [0.29, 0.717) is 30.0 Å². The maximum atomic E-state index is 12.7. The van der Waals surface area contributed by atoms with Gasteiger partial charge in [0.25, 0.3) is 15.9 Å². The second kappa shape index (κ2) is 9.02. The van der Waals surface area contributed by atoms with Crippen molar-refractivity contribution in [2.75, 3.05) is 23.1 Å². The first-order valence-electron chi connectivity index (χ1n) is 9.84. The molecule has 1 aliphatic heterocycles. The number of anilines is 2.